The largest absolute Gasteiger partial charge is 0.471 e. The number of carbonyl (C=O) groups excluding carboxylic acids is 1. The third-order valence-corrected chi connectivity index (χ3v) is 4.58. The van der Waals surface area contributed by atoms with Crippen molar-refractivity contribution in [2.24, 2.45) is 0 Å². The van der Waals surface area contributed by atoms with E-state index in [0.717, 1.165) is 24.6 Å². The SMILES string of the molecule is CCCc1nnc(Cc2cc(NC(=O)C(F)(F)F)ccc2S(=O)(=O)Cl)o1. The molecule has 142 valence electrons. The Hall–Kier alpha value is -2.14. The quantitative estimate of drug-likeness (QED) is 0.733. The first-order chi connectivity index (χ1) is 12.0. The summed E-state index contributed by atoms with van der Waals surface area (Å²) < 4.78 is 65.8. The lowest BCUT2D eigenvalue weighted by Gasteiger charge is -2.11. The molecule has 0 aliphatic rings. The molecule has 26 heavy (non-hydrogen) atoms. The zero-order chi connectivity index (χ0) is 19.5. The number of nitrogens with zero attached hydrogens (tertiary/aromatic N) is 2. The standard InChI is InChI=1S/C14H13ClF3N3O4S/c1-2-3-11-20-21-12(25-11)7-8-6-9(19-13(22)14(16,17)18)4-5-10(8)26(15,23)24/h4-6H,2-3,7H2,1H3,(H,19,22). The predicted octanol–water partition coefficient (Wildman–Crippen LogP) is 3.04. The molecule has 1 aromatic carbocycles. The zero-order valence-corrected chi connectivity index (χ0v) is 14.9. The van der Waals surface area contributed by atoms with E-state index in [4.69, 9.17) is 15.1 Å². The van der Waals surface area contributed by atoms with E-state index in [2.05, 4.69) is 10.2 Å². The van der Waals surface area contributed by atoms with Crippen molar-refractivity contribution in [3.8, 4) is 0 Å². The maximum absolute atomic E-state index is 12.4. The summed E-state index contributed by atoms with van der Waals surface area (Å²) in [6, 6.07) is 3.05. The van der Waals surface area contributed by atoms with Gasteiger partial charge in [0.15, 0.2) is 0 Å². The smallest absolute Gasteiger partial charge is 0.425 e. The molecule has 1 heterocycles. The van der Waals surface area contributed by atoms with Gasteiger partial charge in [0.05, 0.1) is 11.3 Å². The van der Waals surface area contributed by atoms with Crippen LogP contribution in [0, 0.1) is 0 Å². The van der Waals surface area contributed by atoms with Gasteiger partial charge in [-0.1, -0.05) is 6.92 Å². The second kappa shape index (κ2) is 7.62. The van der Waals surface area contributed by atoms with Gasteiger partial charge in [-0.25, -0.2) is 8.42 Å². The van der Waals surface area contributed by atoms with Gasteiger partial charge in [-0.2, -0.15) is 13.2 Å². The Bertz CT molecular complexity index is 912. The van der Waals surface area contributed by atoms with Crippen molar-refractivity contribution >= 4 is 31.3 Å². The summed E-state index contributed by atoms with van der Waals surface area (Å²) in [5, 5.41) is 9.18. The number of anilines is 1. The summed E-state index contributed by atoms with van der Waals surface area (Å²) in [5.41, 5.74) is -0.244. The summed E-state index contributed by atoms with van der Waals surface area (Å²) >= 11 is 0. The number of nitrogens with one attached hydrogen (secondary N) is 1. The van der Waals surface area contributed by atoms with Crippen molar-refractivity contribution in [3.63, 3.8) is 0 Å². The molecular formula is C14H13ClF3N3O4S. The number of aromatic nitrogens is 2. The number of aryl methyl sites for hydroxylation is 1. The Morgan fingerprint density at radius 2 is 1.92 bits per heavy atom. The van der Waals surface area contributed by atoms with Gasteiger partial charge in [0.2, 0.25) is 11.8 Å². The minimum Gasteiger partial charge on any atom is -0.425 e. The molecule has 12 heteroatoms. The van der Waals surface area contributed by atoms with Gasteiger partial charge in [-0.05, 0) is 30.2 Å². The van der Waals surface area contributed by atoms with Crippen LogP contribution >= 0.6 is 10.7 Å². The van der Waals surface area contributed by atoms with Crippen molar-refractivity contribution in [2.45, 2.75) is 37.3 Å². The summed E-state index contributed by atoms with van der Waals surface area (Å²) in [7, 11) is 1.17. The van der Waals surface area contributed by atoms with Crippen LogP contribution in [0.15, 0.2) is 27.5 Å². The van der Waals surface area contributed by atoms with Crippen LogP contribution in [-0.4, -0.2) is 30.7 Å². The molecule has 0 fully saturated rings. The van der Waals surface area contributed by atoms with E-state index in [-0.39, 0.29) is 28.5 Å². The van der Waals surface area contributed by atoms with Crippen LogP contribution in [0.4, 0.5) is 18.9 Å². The zero-order valence-electron chi connectivity index (χ0n) is 13.3. The molecule has 0 atom stereocenters. The molecule has 0 saturated heterocycles. The number of amides is 1. The molecule has 1 aromatic heterocycles. The van der Waals surface area contributed by atoms with Gasteiger partial charge in [0, 0.05) is 22.8 Å². The summed E-state index contributed by atoms with van der Waals surface area (Å²) in [5.74, 6) is -1.78. The van der Waals surface area contributed by atoms with Gasteiger partial charge in [0.1, 0.15) is 0 Å². The molecule has 0 unspecified atom stereocenters. The third kappa shape index (κ3) is 5.18. The summed E-state index contributed by atoms with van der Waals surface area (Å²) in [6.45, 7) is 1.90. The average molecular weight is 412 g/mol. The Labute approximate surface area is 151 Å². The van der Waals surface area contributed by atoms with E-state index < -0.39 is 21.1 Å². The molecule has 0 aliphatic heterocycles. The fourth-order valence-electron chi connectivity index (χ4n) is 2.07. The number of rotatable bonds is 6. The van der Waals surface area contributed by atoms with Gasteiger partial charge in [0.25, 0.3) is 9.05 Å². The van der Waals surface area contributed by atoms with Gasteiger partial charge >= 0.3 is 12.1 Å². The predicted molar refractivity (Wildman–Crippen MR) is 85.3 cm³/mol. The van der Waals surface area contributed by atoms with E-state index in [1.54, 1.807) is 5.32 Å². The maximum Gasteiger partial charge on any atom is 0.471 e. The number of hydrogen-bond donors (Lipinski definition) is 1. The number of carbonyl (C=O) groups is 1. The molecule has 7 nitrogen and oxygen atoms in total. The minimum absolute atomic E-state index is 0.00618. The lowest BCUT2D eigenvalue weighted by atomic mass is 10.1. The lowest BCUT2D eigenvalue weighted by molar-refractivity contribution is -0.167. The number of benzene rings is 1. The highest BCUT2D eigenvalue weighted by Crippen LogP contribution is 2.27. The molecule has 1 amide bonds. The van der Waals surface area contributed by atoms with E-state index in [1.807, 2.05) is 6.92 Å². The van der Waals surface area contributed by atoms with Crippen molar-refractivity contribution < 1.29 is 30.8 Å². The third-order valence-electron chi connectivity index (χ3n) is 3.15. The maximum atomic E-state index is 12.4. The second-order valence-electron chi connectivity index (χ2n) is 5.23. The van der Waals surface area contributed by atoms with Crippen LogP contribution < -0.4 is 5.32 Å². The molecule has 0 aliphatic carbocycles. The topological polar surface area (TPSA) is 102 Å². The van der Waals surface area contributed by atoms with Gasteiger partial charge < -0.3 is 9.73 Å². The fourth-order valence-corrected chi connectivity index (χ4v) is 3.20. The second-order valence-corrected chi connectivity index (χ2v) is 7.76. The van der Waals surface area contributed by atoms with Crippen LogP contribution in [0.2, 0.25) is 0 Å². The van der Waals surface area contributed by atoms with Crippen LogP contribution in [0.3, 0.4) is 0 Å². The molecule has 0 spiro atoms. The first-order valence-corrected chi connectivity index (χ1v) is 9.58. The van der Waals surface area contributed by atoms with Crippen molar-refractivity contribution in [3.05, 3.63) is 35.5 Å². The Kier molecular flexibility index (Phi) is 5.91. The molecule has 0 bridgehead atoms. The average Bonchev–Trinajstić information content (AvgIpc) is 2.93. The number of hydrogen-bond acceptors (Lipinski definition) is 6. The monoisotopic (exact) mass is 411 g/mol. The molecular weight excluding hydrogens is 399 g/mol. The molecule has 1 N–H and O–H groups in total. The van der Waals surface area contributed by atoms with Crippen LogP contribution in [0.25, 0.3) is 0 Å². The molecule has 0 radical (unpaired) electrons. The van der Waals surface area contributed by atoms with Gasteiger partial charge in [-0.3, -0.25) is 4.79 Å². The van der Waals surface area contributed by atoms with Gasteiger partial charge in [-0.15, -0.1) is 10.2 Å². The van der Waals surface area contributed by atoms with E-state index in [0.29, 0.717) is 12.3 Å². The Morgan fingerprint density at radius 3 is 2.50 bits per heavy atom. The Morgan fingerprint density at radius 1 is 1.27 bits per heavy atom. The van der Waals surface area contributed by atoms with Crippen LogP contribution in [0.5, 0.6) is 0 Å². The molecule has 0 saturated carbocycles. The minimum atomic E-state index is -5.08. The fraction of sp³-hybridized carbons (Fsp3) is 0.357. The normalized spacial score (nSPS) is 12.2. The Balaban J connectivity index is 2.36. The summed E-state index contributed by atoms with van der Waals surface area (Å²) in [4.78, 5) is 10.7. The number of alkyl halides is 3. The number of halogens is 4. The van der Waals surface area contributed by atoms with E-state index in [9.17, 15) is 26.4 Å². The molecule has 2 aromatic rings. The van der Waals surface area contributed by atoms with E-state index in [1.165, 1.54) is 0 Å². The first kappa shape index (κ1) is 20.2. The van der Waals surface area contributed by atoms with Crippen molar-refractivity contribution in [1.82, 2.24) is 10.2 Å². The molecule has 2 rings (SSSR count). The van der Waals surface area contributed by atoms with Crippen molar-refractivity contribution in [2.75, 3.05) is 5.32 Å². The first-order valence-electron chi connectivity index (χ1n) is 7.27. The van der Waals surface area contributed by atoms with Crippen molar-refractivity contribution in [1.29, 1.82) is 0 Å². The van der Waals surface area contributed by atoms with Crippen LogP contribution in [-0.2, 0) is 26.7 Å². The summed E-state index contributed by atoms with van der Waals surface area (Å²) in [6.07, 6.45) is -4.00. The van der Waals surface area contributed by atoms with E-state index >= 15 is 0 Å². The van der Waals surface area contributed by atoms with Crippen LogP contribution in [0.1, 0.15) is 30.7 Å². The highest BCUT2D eigenvalue weighted by molar-refractivity contribution is 8.13. The highest BCUT2D eigenvalue weighted by Gasteiger charge is 2.38. The highest BCUT2D eigenvalue weighted by atomic mass is 35.7. The lowest BCUT2D eigenvalue weighted by Crippen LogP contribution is -2.30.